The molecule has 168 valence electrons. The van der Waals surface area contributed by atoms with Gasteiger partial charge in [0.15, 0.2) is 5.43 Å². The van der Waals surface area contributed by atoms with Crippen molar-refractivity contribution in [2.45, 2.75) is 44.7 Å². The van der Waals surface area contributed by atoms with Crippen LogP contribution in [0.3, 0.4) is 0 Å². The predicted molar refractivity (Wildman–Crippen MR) is 119 cm³/mol. The molecule has 1 unspecified atom stereocenters. The van der Waals surface area contributed by atoms with Gasteiger partial charge >= 0.3 is 6.18 Å². The largest absolute Gasteiger partial charge is 0.428 e. The Balaban J connectivity index is 1.84. The van der Waals surface area contributed by atoms with Crippen LogP contribution in [-0.2, 0) is 12.6 Å². The zero-order valence-corrected chi connectivity index (χ0v) is 18.2. The van der Waals surface area contributed by atoms with E-state index in [1.807, 2.05) is 6.92 Å². The summed E-state index contributed by atoms with van der Waals surface area (Å²) in [5, 5.41) is 11.6. The number of fused-ring (bicyclic) bond motifs is 2. The van der Waals surface area contributed by atoms with Gasteiger partial charge in [-0.05, 0) is 61.1 Å². The van der Waals surface area contributed by atoms with Gasteiger partial charge in [0.1, 0.15) is 0 Å². The van der Waals surface area contributed by atoms with Crippen LogP contribution in [0.1, 0.15) is 54.5 Å². The zero-order valence-electron chi connectivity index (χ0n) is 17.4. The zero-order chi connectivity index (χ0) is 23.0. The van der Waals surface area contributed by atoms with Crippen molar-refractivity contribution < 1.29 is 18.4 Å². The van der Waals surface area contributed by atoms with E-state index in [9.17, 15) is 23.2 Å². The van der Waals surface area contributed by atoms with E-state index in [4.69, 9.17) is 11.6 Å². The number of benzene rings is 2. The third-order valence-corrected chi connectivity index (χ3v) is 6.13. The van der Waals surface area contributed by atoms with Gasteiger partial charge in [0, 0.05) is 17.3 Å². The lowest BCUT2D eigenvalue weighted by atomic mass is 9.80. The highest BCUT2D eigenvalue weighted by Gasteiger charge is 2.33. The minimum atomic E-state index is -4.41. The molecule has 4 rings (SSSR count). The number of alkyl halides is 3. The van der Waals surface area contributed by atoms with Crippen molar-refractivity contribution in [2.75, 3.05) is 6.54 Å². The highest BCUT2D eigenvalue weighted by Crippen LogP contribution is 2.35. The van der Waals surface area contributed by atoms with Crippen molar-refractivity contribution in [2.24, 2.45) is 4.99 Å². The first-order chi connectivity index (χ1) is 15.2. The Kier molecular flexibility index (Phi) is 6.03. The SMILES string of the molecule is CCCCN=C1CC(c2ccc(C(F)(F)F)cc2)Cc2c1c(=O)c1cc(Cl)ccc1n2O. The number of aromatic nitrogens is 1. The molecule has 0 saturated heterocycles. The van der Waals surface area contributed by atoms with E-state index < -0.39 is 11.7 Å². The van der Waals surface area contributed by atoms with Crippen LogP contribution in [0.25, 0.3) is 10.9 Å². The van der Waals surface area contributed by atoms with E-state index in [1.54, 1.807) is 12.1 Å². The Labute approximate surface area is 187 Å². The van der Waals surface area contributed by atoms with Crippen LogP contribution in [0.15, 0.2) is 52.3 Å². The molecule has 0 saturated carbocycles. The van der Waals surface area contributed by atoms with Gasteiger partial charge in [-0.15, -0.1) is 0 Å². The van der Waals surface area contributed by atoms with E-state index in [1.165, 1.54) is 18.2 Å². The maximum atomic E-state index is 13.3. The Morgan fingerprint density at radius 1 is 1.16 bits per heavy atom. The van der Waals surface area contributed by atoms with Gasteiger partial charge in [0.2, 0.25) is 0 Å². The number of hydrogen-bond acceptors (Lipinski definition) is 3. The molecule has 32 heavy (non-hydrogen) atoms. The fourth-order valence-electron chi connectivity index (χ4n) is 4.21. The van der Waals surface area contributed by atoms with Crippen molar-refractivity contribution in [3.05, 3.63) is 80.1 Å². The molecule has 1 aliphatic rings. The van der Waals surface area contributed by atoms with Crippen molar-refractivity contribution in [3.63, 3.8) is 0 Å². The first kappa shape index (κ1) is 22.4. The quantitative estimate of drug-likeness (QED) is 0.369. The molecule has 2 aromatic carbocycles. The first-order valence-corrected chi connectivity index (χ1v) is 10.9. The number of pyridine rings is 1. The molecule has 0 spiro atoms. The Morgan fingerprint density at radius 3 is 2.53 bits per heavy atom. The van der Waals surface area contributed by atoms with Gasteiger partial charge < -0.3 is 5.21 Å². The van der Waals surface area contributed by atoms with Crippen LogP contribution in [0.4, 0.5) is 13.2 Å². The molecule has 1 aromatic heterocycles. The van der Waals surface area contributed by atoms with Gasteiger partial charge in [-0.25, -0.2) is 0 Å². The first-order valence-electron chi connectivity index (χ1n) is 10.5. The number of rotatable bonds is 4. The van der Waals surface area contributed by atoms with Gasteiger partial charge in [0.05, 0.1) is 27.7 Å². The van der Waals surface area contributed by atoms with Crippen LogP contribution in [0.5, 0.6) is 0 Å². The monoisotopic (exact) mass is 462 g/mol. The Morgan fingerprint density at radius 2 is 1.88 bits per heavy atom. The second kappa shape index (κ2) is 8.62. The lowest BCUT2D eigenvalue weighted by Crippen LogP contribution is -2.31. The molecular weight excluding hydrogens is 441 g/mol. The molecule has 0 amide bonds. The summed E-state index contributed by atoms with van der Waals surface area (Å²) in [5.74, 6) is -0.215. The van der Waals surface area contributed by atoms with E-state index in [-0.39, 0.29) is 11.3 Å². The molecular formula is C24H22ClF3N2O2. The highest BCUT2D eigenvalue weighted by molar-refractivity contribution is 6.31. The minimum Gasteiger partial charge on any atom is -0.428 e. The highest BCUT2D eigenvalue weighted by atomic mass is 35.5. The third-order valence-electron chi connectivity index (χ3n) is 5.89. The summed E-state index contributed by atoms with van der Waals surface area (Å²) in [5.41, 5.74) is 1.42. The lowest BCUT2D eigenvalue weighted by Gasteiger charge is -2.28. The van der Waals surface area contributed by atoms with Gasteiger partial charge in [-0.2, -0.15) is 17.9 Å². The molecule has 0 aliphatic heterocycles. The summed E-state index contributed by atoms with van der Waals surface area (Å²) < 4.78 is 39.9. The van der Waals surface area contributed by atoms with Crippen molar-refractivity contribution >= 4 is 28.2 Å². The van der Waals surface area contributed by atoms with Crippen LogP contribution in [0, 0.1) is 0 Å². The number of aliphatic imine (C=N–C) groups is 1. The summed E-state index contributed by atoms with van der Waals surface area (Å²) >= 11 is 6.07. The smallest absolute Gasteiger partial charge is 0.416 e. The maximum Gasteiger partial charge on any atom is 0.416 e. The predicted octanol–water partition coefficient (Wildman–Crippen LogP) is 6.23. The van der Waals surface area contributed by atoms with Gasteiger partial charge in [-0.1, -0.05) is 37.1 Å². The minimum absolute atomic E-state index is 0.215. The standard InChI is InChI=1S/C24H22ClF3N2O2/c1-2-3-10-29-19-11-15(14-4-6-16(7-5-14)24(26,27)28)12-21-22(19)23(31)18-13-17(25)8-9-20(18)30(21)32/h4-9,13,15,32H,2-3,10-12H2,1H3. The topological polar surface area (TPSA) is 54.6 Å². The molecule has 1 heterocycles. The average Bonchev–Trinajstić information content (AvgIpc) is 2.76. The molecule has 0 fully saturated rings. The third kappa shape index (κ3) is 4.13. The number of unbranched alkanes of at least 4 members (excludes halogenated alkanes) is 1. The Hall–Kier alpha value is -2.80. The molecule has 4 nitrogen and oxygen atoms in total. The van der Waals surface area contributed by atoms with Crippen molar-refractivity contribution in [1.29, 1.82) is 0 Å². The Bertz CT molecular complexity index is 1250. The summed E-state index contributed by atoms with van der Waals surface area (Å²) in [4.78, 5) is 18.0. The van der Waals surface area contributed by atoms with Gasteiger partial charge in [-0.3, -0.25) is 9.79 Å². The lowest BCUT2D eigenvalue weighted by molar-refractivity contribution is -0.137. The normalized spacial score (nSPS) is 17.7. The second-order valence-electron chi connectivity index (χ2n) is 8.03. The molecule has 1 N–H and O–H groups in total. The summed E-state index contributed by atoms with van der Waals surface area (Å²) in [6.45, 7) is 2.57. The number of nitrogens with zero attached hydrogens (tertiary/aromatic N) is 2. The van der Waals surface area contributed by atoms with E-state index >= 15 is 0 Å². The van der Waals surface area contributed by atoms with Crippen LogP contribution >= 0.6 is 11.6 Å². The molecule has 1 aliphatic carbocycles. The van der Waals surface area contributed by atoms with E-state index in [0.717, 1.165) is 29.7 Å². The fourth-order valence-corrected chi connectivity index (χ4v) is 4.39. The molecule has 3 aromatic rings. The van der Waals surface area contributed by atoms with Crippen molar-refractivity contribution in [3.8, 4) is 0 Å². The van der Waals surface area contributed by atoms with Crippen LogP contribution < -0.4 is 5.43 Å². The fraction of sp³-hybridized carbons (Fsp3) is 0.333. The summed E-state index contributed by atoms with van der Waals surface area (Å²) in [7, 11) is 0. The second-order valence-corrected chi connectivity index (χ2v) is 8.47. The molecule has 0 bridgehead atoms. The van der Waals surface area contributed by atoms with Gasteiger partial charge in [0.25, 0.3) is 0 Å². The number of hydrogen-bond donors (Lipinski definition) is 1. The summed E-state index contributed by atoms with van der Waals surface area (Å²) in [6, 6.07) is 9.74. The van der Waals surface area contributed by atoms with E-state index in [2.05, 4.69) is 4.99 Å². The molecule has 0 radical (unpaired) electrons. The maximum absolute atomic E-state index is 13.3. The van der Waals surface area contributed by atoms with Crippen LogP contribution in [-0.4, -0.2) is 22.2 Å². The summed E-state index contributed by atoms with van der Waals surface area (Å²) in [6.07, 6.45) is -1.92. The van der Waals surface area contributed by atoms with Crippen LogP contribution in [0.2, 0.25) is 5.02 Å². The van der Waals surface area contributed by atoms with Crippen molar-refractivity contribution in [1.82, 2.24) is 4.73 Å². The molecule has 1 atom stereocenters. The number of halogens is 4. The average molecular weight is 463 g/mol. The molecule has 8 heteroatoms. The van der Waals surface area contributed by atoms with E-state index in [0.29, 0.717) is 57.8 Å².